The van der Waals surface area contributed by atoms with E-state index in [0.29, 0.717) is 19.6 Å². The summed E-state index contributed by atoms with van der Waals surface area (Å²) in [5.41, 5.74) is -1.15. The zero-order chi connectivity index (χ0) is 11.1. The van der Waals surface area contributed by atoms with Gasteiger partial charge < -0.3 is 14.2 Å². The first-order chi connectivity index (χ1) is 7.13. The zero-order valence-electron chi connectivity index (χ0n) is 9.54. The van der Waals surface area contributed by atoms with Gasteiger partial charge >= 0.3 is 5.97 Å². The fourth-order valence-electron chi connectivity index (χ4n) is 2.65. The van der Waals surface area contributed by atoms with E-state index in [4.69, 9.17) is 14.2 Å². The number of hydrogen-bond donors (Lipinski definition) is 0. The average molecular weight is 214 g/mol. The van der Waals surface area contributed by atoms with Gasteiger partial charge in [0.1, 0.15) is 5.60 Å². The first kappa shape index (κ1) is 10.9. The van der Waals surface area contributed by atoms with Crippen LogP contribution in [0.3, 0.4) is 0 Å². The van der Waals surface area contributed by atoms with Gasteiger partial charge in [0.25, 0.3) is 0 Å². The van der Waals surface area contributed by atoms with Gasteiger partial charge in [0.05, 0.1) is 19.3 Å². The van der Waals surface area contributed by atoms with E-state index in [9.17, 15) is 4.79 Å². The van der Waals surface area contributed by atoms with Gasteiger partial charge in [-0.2, -0.15) is 0 Å². The lowest BCUT2D eigenvalue weighted by molar-refractivity contribution is -0.149. The second-order valence-electron chi connectivity index (χ2n) is 4.16. The normalized spacial score (nSPS) is 43.3. The number of esters is 1. The molecule has 2 rings (SSSR count). The summed E-state index contributed by atoms with van der Waals surface area (Å²) < 4.78 is 16.3. The Hall–Kier alpha value is -0.610. The molecule has 86 valence electrons. The molecule has 4 heteroatoms. The summed E-state index contributed by atoms with van der Waals surface area (Å²) >= 11 is 0. The largest absolute Gasteiger partial charge is 0.464 e. The van der Waals surface area contributed by atoms with Gasteiger partial charge in [0, 0.05) is 6.42 Å². The Morgan fingerprint density at radius 2 is 2.27 bits per heavy atom. The number of carbonyl (C=O) groups excluding carboxylic acids is 1. The van der Waals surface area contributed by atoms with Crippen molar-refractivity contribution in [3.8, 4) is 0 Å². The zero-order valence-corrected chi connectivity index (χ0v) is 9.54. The molecule has 15 heavy (non-hydrogen) atoms. The number of ether oxygens (including phenoxy) is 3. The third-order valence-electron chi connectivity index (χ3n) is 3.60. The Kier molecular flexibility index (Phi) is 2.51. The van der Waals surface area contributed by atoms with E-state index in [1.807, 2.05) is 20.8 Å². The number of hydrogen-bond acceptors (Lipinski definition) is 4. The quantitative estimate of drug-likeness (QED) is 0.524. The second kappa shape index (κ2) is 3.46. The van der Waals surface area contributed by atoms with Gasteiger partial charge in [-0.15, -0.1) is 0 Å². The van der Waals surface area contributed by atoms with Gasteiger partial charge in [0.15, 0.2) is 5.60 Å². The van der Waals surface area contributed by atoms with E-state index in [-0.39, 0.29) is 12.1 Å². The molecule has 3 unspecified atom stereocenters. The molecule has 2 heterocycles. The van der Waals surface area contributed by atoms with Crippen LogP contribution < -0.4 is 0 Å². The number of epoxide rings is 1. The fraction of sp³-hybridized carbons (Fsp3) is 0.909. The molecule has 0 aromatic heterocycles. The maximum atomic E-state index is 11.9. The third kappa shape index (κ3) is 1.24. The van der Waals surface area contributed by atoms with Crippen molar-refractivity contribution in [1.82, 2.24) is 0 Å². The van der Waals surface area contributed by atoms with Gasteiger partial charge in [-0.25, -0.2) is 4.79 Å². The topological polar surface area (TPSA) is 48.1 Å². The smallest absolute Gasteiger partial charge is 0.341 e. The summed E-state index contributed by atoms with van der Waals surface area (Å²) in [5.74, 6) is -0.232. The van der Waals surface area contributed by atoms with Crippen LogP contribution >= 0.6 is 0 Å². The van der Waals surface area contributed by atoms with Crippen molar-refractivity contribution in [2.45, 2.75) is 50.9 Å². The van der Waals surface area contributed by atoms with Crippen LogP contribution in [0.15, 0.2) is 0 Å². The molecule has 4 nitrogen and oxygen atoms in total. The van der Waals surface area contributed by atoms with Crippen molar-refractivity contribution in [2.75, 3.05) is 13.2 Å². The first-order valence-electron chi connectivity index (χ1n) is 5.62. The highest BCUT2D eigenvalue weighted by molar-refractivity contribution is 5.85. The van der Waals surface area contributed by atoms with E-state index >= 15 is 0 Å². The van der Waals surface area contributed by atoms with Crippen molar-refractivity contribution in [3.05, 3.63) is 0 Å². The SMILES string of the molecule is CCOC(=O)C1(CC)OC12CCOC2C. The third-order valence-corrected chi connectivity index (χ3v) is 3.60. The Morgan fingerprint density at radius 1 is 1.53 bits per heavy atom. The highest BCUT2D eigenvalue weighted by Gasteiger charge is 2.78. The Balaban J connectivity index is 2.17. The summed E-state index contributed by atoms with van der Waals surface area (Å²) in [6.07, 6.45) is 1.43. The van der Waals surface area contributed by atoms with Crippen molar-refractivity contribution < 1.29 is 19.0 Å². The minimum Gasteiger partial charge on any atom is -0.464 e. The second-order valence-corrected chi connectivity index (χ2v) is 4.16. The Labute approximate surface area is 89.9 Å². The van der Waals surface area contributed by atoms with Crippen LogP contribution in [0.1, 0.15) is 33.6 Å². The molecule has 0 aliphatic carbocycles. The monoisotopic (exact) mass is 214 g/mol. The van der Waals surface area contributed by atoms with Crippen LogP contribution in [0.2, 0.25) is 0 Å². The summed E-state index contributed by atoms with van der Waals surface area (Å²) in [6, 6.07) is 0. The number of rotatable bonds is 3. The molecule has 2 saturated heterocycles. The van der Waals surface area contributed by atoms with Crippen LogP contribution in [0.4, 0.5) is 0 Å². The maximum Gasteiger partial charge on any atom is 0.341 e. The van der Waals surface area contributed by atoms with Crippen LogP contribution in [0.25, 0.3) is 0 Å². The van der Waals surface area contributed by atoms with Crippen molar-refractivity contribution >= 4 is 5.97 Å². The van der Waals surface area contributed by atoms with E-state index in [1.165, 1.54) is 0 Å². The fourth-order valence-corrected chi connectivity index (χ4v) is 2.65. The van der Waals surface area contributed by atoms with Crippen LogP contribution in [-0.4, -0.2) is 36.5 Å². The molecule has 2 aliphatic heterocycles. The molecule has 0 aromatic rings. The van der Waals surface area contributed by atoms with Gasteiger partial charge in [0.2, 0.25) is 0 Å². The maximum absolute atomic E-state index is 11.9. The minimum absolute atomic E-state index is 0.0122. The molecule has 2 fully saturated rings. The Bertz CT molecular complexity index is 278. The lowest BCUT2D eigenvalue weighted by Crippen LogP contribution is -2.39. The van der Waals surface area contributed by atoms with Crippen LogP contribution in [0.5, 0.6) is 0 Å². The van der Waals surface area contributed by atoms with Crippen LogP contribution in [0, 0.1) is 0 Å². The van der Waals surface area contributed by atoms with Gasteiger partial charge in [-0.3, -0.25) is 0 Å². The molecule has 0 saturated carbocycles. The summed E-state index contributed by atoms with van der Waals surface area (Å²) in [5, 5.41) is 0. The van der Waals surface area contributed by atoms with Gasteiger partial charge in [-0.05, 0) is 20.3 Å². The molecule has 3 atom stereocenters. The molecule has 1 spiro atoms. The highest BCUT2D eigenvalue weighted by atomic mass is 16.7. The van der Waals surface area contributed by atoms with Crippen molar-refractivity contribution in [1.29, 1.82) is 0 Å². The molecule has 0 bridgehead atoms. The summed E-state index contributed by atoms with van der Waals surface area (Å²) in [7, 11) is 0. The first-order valence-corrected chi connectivity index (χ1v) is 5.62. The standard InChI is InChI=1S/C11H18O4/c1-4-10(9(12)13-5-2)11(15-10)6-7-14-8(11)3/h8H,4-7H2,1-3H3. The molecule has 2 aliphatic rings. The van der Waals surface area contributed by atoms with E-state index in [1.54, 1.807) is 0 Å². The predicted octanol–water partition coefficient (Wildman–Crippen LogP) is 1.28. The van der Waals surface area contributed by atoms with Gasteiger partial charge in [-0.1, -0.05) is 6.92 Å². The number of carbonyl (C=O) groups is 1. The van der Waals surface area contributed by atoms with Crippen molar-refractivity contribution in [2.24, 2.45) is 0 Å². The molecular formula is C11H18O4. The molecule has 0 amide bonds. The van der Waals surface area contributed by atoms with E-state index < -0.39 is 11.2 Å². The van der Waals surface area contributed by atoms with Crippen molar-refractivity contribution in [3.63, 3.8) is 0 Å². The predicted molar refractivity (Wildman–Crippen MR) is 53.5 cm³/mol. The highest BCUT2D eigenvalue weighted by Crippen LogP contribution is 2.58. The van der Waals surface area contributed by atoms with E-state index in [0.717, 1.165) is 6.42 Å². The van der Waals surface area contributed by atoms with E-state index in [2.05, 4.69) is 0 Å². The summed E-state index contributed by atoms with van der Waals surface area (Å²) in [6.45, 7) is 6.79. The molecule has 0 aromatic carbocycles. The molecular weight excluding hydrogens is 196 g/mol. The molecule has 0 N–H and O–H groups in total. The molecule has 0 radical (unpaired) electrons. The lowest BCUT2D eigenvalue weighted by atomic mass is 9.85. The van der Waals surface area contributed by atoms with Crippen LogP contribution in [-0.2, 0) is 19.0 Å². The average Bonchev–Trinajstić information content (AvgIpc) is 2.76. The minimum atomic E-state index is -0.737. The Morgan fingerprint density at radius 3 is 2.73 bits per heavy atom. The summed E-state index contributed by atoms with van der Waals surface area (Å²) in [4.78, 5) is 11.9. The lowest BCUT2D eigenvalue weighted by Gasteiger charge is -2.15.